The van der Waals surface area contributed by atoms with Crippen LogP contribution >= 0.6 is 0 Å². The summed E-state index contributed by atoms with van der Waals surface area (Å²) in [5, 5.41) is 12.3. The van der Waals surface area contributed by atoms with Gasteiger partial charge in [0.2, 0.25) is 0 Å². The van der Waals surface area contributed by atoms with Crippen LogP contribution in [0.1, 0.15) is 0 Å². The van der Waals surface area contributed by atoms with Crippen molar-refractivity contribution in [3.63, 3.8) is 0 Å². The molecule has 2 rings (SSSR count). The summed E-state index contributed by atoms with van der Waals surface area (Å²) in [4.78, 5) is 10.3. The summed E-state index contributed by atoms with van der Waals surface area (Å²) in [6.45, 7) is 0. The first-order valence-electron chi connectivity index (χ1n) is 5.48. The number of halogens is 3. The average Bonchev–Trinajstić information content (AvgIpc) is 2.35. The number of nitrogens with zero attached hydrogens (tertiary/aromatic N) is 2. The van der Waals surface area contributed by atoms with Gasteiger partial charge in [-0.3, -0.25) is 10.1 Å². The molecule has 0 radical (unpaired) electrons. The van der Waals surface area contributed by atoms with E-state index in [0.29, 0.717) is 5.39 Å². The lowest BCUT2D eigenvalue weighted by molar-refractivity contribution is -0.670. The molecule has 0 N–H and O–H groups in total. The van der Waals surface area contributed by atoms with E-state index in [2.05, 4.69) is 0 Å². The first-order valence-corrected chi connectivity index (χ1v) is 6.89. The van der Waals surface area contributed by atoms with Gasteiger partial charge in [-0.2, -0.15) is 13.2 Å². The number of hydrogen-bond acceptors (Lipinski definition) is 5. The molecular formula is C11H9F3N2O5S. The maximum absolute atomic E-state index is 10.7. The van der Waals surface area contributed by atoms with Crippen LogP contribution in [0.3, 0.4) is 0 Å². The Balaban J connectivity index is 0.000000261. The molecular weight excluding hydrogens is 329 g/mol. The van der Waals surface area contributed by atoms with E-state index in [-0.39, 0.29) is 10.6 Å². The second-order valence-corrected chi connectivity index (χ2v) is 5.42. The molecule has 0 amide bonds. The van der Waals surface area contributed by atoms with Crippen LogP contribution in [0.5, 0.6) is 0 Å². The van der Waals surface area contributed by atoms with E-state index >= 15 is 0 Å². The molecule has 0 aliphatic carbocycles. The number of rotatable bonds is 1. The molecule has 0 saturated carbocycles. The van der Waals surface area contributed by atoms with Crippen LogP contribution in [-0.4, -0.2) is 23.4 Å². The molecule has 22 heavy (non-hydrogen) atoms. The molecule has 0 aliphatic heterocycles. The van der Waals surface area contributed by atoms with Crippen molar-refractivity contribution in [2.45, 2.75) is 5.51 Å². The van der Waals surface area contributed by atoms with Gasteiger partial charge in [-0.15, -0.1) is 0 Å². The Morgan fingerprint density at radius 1 is 1.23 bits per heavy atom. The van der Waals surface area contributed by atoms with Gasteiger partial charge in [0.05, 0.1) is 15.7 Å². The number of hydrogen-bond donors (Lipinski definition) is 0. The van der Waals surface area contributed by atoms with Gasteiger partial charge < -0.3 is 4.55 Å². The van der Waals surface area contributed by atoms with E-state index in [1.54, 1.807) is 18.3 Å². The zero-order valence-corrected chi connectivity index (χ0v) is 11.8. The zero-order chi connectivity index (χ0) is 17.1. The highest BCUT2D eigenvalue weighted by atomic mass is 32.2. The zero-order valence-electron chi connectivity index (χ0n) is 10.9. The molecule has 120 valence electrons. The van der Waals surface area contributed by atoms with Gasteiger partial charge in [0.15, 0.2) is 22.5 Å². The molecule has 0 bridgehead atoms. The lowest BCUT2D eigenvalue weighted by Crippen LogP contribution is -2.25. The fourth-order valence-electron chi connectivity index (χ4n) is 1.48. The van der Waals surface area contributed by atoms with Gasteiger partial charge >= 0.3 is 5.51 Å². The first-order chi connectivity index (χ1) is 9.93. The standard InChI is InChI=1S/C10H9N2O2.CHF3O3S/c1-11-6-5-9-8(7-11)3-2-4-10(9)12(13)14;2-1(3,4)8(5,6)7/h2-7H,1H3;(H,5,6,7)/q+1;/p-1. The highest BCUT2D eigenvalue weighted by molar-refractivity contribution is 7.86. The van der Waals surface area contributed by atoms with E-state index in [1.807, 2.05) is 23.9 Å². The van der Waals surface area contributed by atoms with Crippen LogP contribution in [0, 0.1) is 10.1 Å². The predicted molar refractivity (Wildman–Crippen MR) is 67.5 cm³/mol. The van der Waals surface area contributed by atoms with Crippen molar-refractivity contribution in [3.05, 3.63) is 46.8 Å². The average molecular weight is 338 g/mol. The van der Waals surface area contributed by atoms with Gasteiger partial charge in [-0.25, -0.2) is 13.0 Å². The van der Waals surface area contributed by atoms with Crippen molar-refractivity contribution in [2.24, 2.45) is 7.05 Å². The fourth-order valence-corrected chi connectivity index (χ4v) is 1.48. The Kier molecular flexibility index (Phi) is 5.04. The highest BCUT2D eigenvalue weighted by Gasteiger charge is 2.36. The number of pyridine rings is 1. The SMILES string of the molecule is C[n+]1ccc2c([N+](=O)[O-])cccc2c1.O=S(=O)([O-])C(F)(F)F. The molecule has 11 heteroatoms. The third-order valence-corrected chi connectivity index (χ3v) is 2.98. The lowest BCUT2D eigenvalue weighted by atomic mass is 10.1. The van der Waals surface area contributed by atoms with Crippen LogP contribution in [-0.2, 0) is 17.2 Å². The number of nitro groups is 1. The van der Waals surface area contributed by atoms with Crippen molar-refractivity contribution in [1.29, 1.82) is 0 Å². The second kappa shape index (κ2) is 6.23. The smallest absolute Gasteiger partial charge is 0.485 e. The van der Waals surface area contributed by atoms with Crippen LogP contribution < -0.4 is 4.57 Å². The molecule has 0 unspecified atom stereocenters. The third kappa shape index (κ3) is 4.36. The van der Waals surface area contributed by atoms with Gasteiger partial charge in [0.1, 0.15) is 7.05 Å². The van der Waals surface area contributed by atoms with Crippen molar-refractivity contribution >= 4 is 26.6 Å². The van der Waals surface area contributed by atoms with Gasteiger partial charge in [0.25, 0.3) is 5.69 Å². The van der Waals surface area contributed by atoms with Crippen molar-refractivity contribution in [1.82, 2.24) is 0 Å². The molecule has 0 fully saturated rings. The number of non-ortho nitro benzene ring substituents is 1. The van der Waals surface area contributed by atoms with E-state index in [9.17, 15) is 23.3 Å². The molecule has 1 aromatic carbocycles. The van der Waals surface area contributed by atoms with Crippen molar-refractivity contribution < 1.29 is 35.6 Å². The van der Waals surface area contributed by atoms with E-state index in [4.69, 9.17) is 13.0 Å². The topological polar surface area (TPSA) is 104 Å². The normalized spacial score (nSPS) is 11.7. The minimum Gasteiger partial charge on any atom is -0.741 e. The van der Waals surface area contributed by atoms with E-state index < -0.39 is 15.6 Å². The van der Waals surface area contributed by atoms with Crippen LogP contribution in [0.4, 0.5) is 18.9 Å². The summed E-state index contributed by atoms with van der Waals surface area (Å²) in [7, 11) is -4.20. The molecule has 0 aliphatic rings. The highest BCUT2D eigenvalue weighted by Crippen LogP contribution is 2.23. The van der Waals surface area contributed by atoms with Crippen LogP contribution in [0.2, 0.25) is 0 Å². The minimum absolute atomic E-state index is 0.156. The Labute approximate surface area is 122 Å². The lowest BCUT2D eigenvalue weighted by Gasteiger charge is -2.08. The van der Waals surface area contributed by atoms with Gasteiger partial charge in [0, 0.05) is 12.1 Å². The predicted octanol–water partition coefficient (Wildman–Crippen LogP) is 1.62. The largest absolute Gasteiger partial charge is 0.741 e. The van der Waals surface area contributed by atoms with Gasteiger partial charge in [-0.1, -0.05) is 6.07 Å². The molecule has 1 aromatic heterocycles. The number of alkyl halides is 3. The quantitative estimate of drug-likeness (QED) is 0.258. The van der Waals surface area contributed by atoms with Crippen LogP contribution in [0.15, 0.2) is 36.7 Å². The molecule has 1 heterocycles. The molecule has 0 spiro atoms. The van der Waals surface area contributed by atoms with Crippen molar-refractivity contribution in [3.8, 4) is 0 Å². The summed E-state index contributed by atoms with van der Waals surface area (Å²) in [5.41, 5.74) is -5.49. The Bertz CT molecular complexity index is 805. The van der Waals surface area contributed by atoms with Crippen molar-refractivity contribution in [2.75, 3.05) is 0 Å². The first kappa shape index (κ1) is 17.8. The monoisotopic (exact) mass is 338 g/mol. The second-order valence-electron chi connectivity index (χ2n) is 4.05. The summed E-state index contributed by atoms with van der Waals surface area (Å²) >= 11 is 0. The van der Waals surface area contributed by atoms with E-state index in [0.717, 1.165) is 5.39 Å². The number of aryl methyl sites for hydroxylation is 1. The Morgan fingerprint density at radius 3 is 2.23 bits per heavy atom. The summed E-state index contributed by atoms with van der Waals surface area (Å²) in [6.07, 6.45) is 3.66. The molecule has 7 nitrogen and oxygen atoms in total. The summed E-state index contributed by atoms with van der Waals surface area (Å²) < 4.78 is 60.8. The Hall–Kier alpha value is -2.27. The minimum atomic E-state index is -6.09. The molecule has 0 saturated heterocycles. The van der Waals surface area contributed by atoms with E-state index in [1.165, 1.54) is 6.07 Å². The number of fused-ring (bicyclic) bond motifs is 1. The third-order valence-electron chi connectivity index (χ3n) is 2.42. The molecule has 0 atom stereocenters. The van der Waals surface area contributed by atoms with Crippen LogP contribution in [0.25, 0.3) is 10.8 Å². The maximum Gasteiger partial charge on any atom is 0.485 e. The van der Waals surface area contributed by atoms with Gasteiger partial charge in [-0.05, 0) is 6.07 Å². The maximum atomic E-state index is 10.7. The molecule has 2 aromatic rings. The number of nitro benzene ring substituents is 1. The number of aromatic nitrogens is 1. The summed E-state index contributed by atoms with van der Waals surface area (Å²) in [6, 6.07) is 6.83. The fraction of sp³-hybridized carbons (Fsp3) is 0.182. The summed E-state index contributed by atoms with van der Waals surface area (Å²) in [5.74, 6) is 0. The number of benzene rings is 1. The Morgan fingerprint density at radius 2 is 1.77 bits per heavy atom.